The molecule has 2 N–H and O–H groups in total. The van der Waals surface area contributed by atoms with Gasteiger partial charge in [0, 0.05) is 11.1 Å². The summed E-state index contributed by atoms with van der Waals surface area (Å²) >= 11 is 1.55. The van der Waals surface area contributed by atoms with E-state index in [9.17, 15) is 8.42 Å². The van der Waals surface area contributed by atoms with Crippen molar-refractivity contribution >= 4 is 50.3 Å². The van der Waals surface area contributed by atoms with E-state index in [1.807, 2.05) is 53.9 Å². The summed E-state index contributed by atoms with van der Waals surface area (Å²) in [4.78, 5) is 15.1. The molecule has 7 nitrogen and oxygen atoms in total. The molecule has 0 spiro atoms. The maximum atomic E-state index is 13.0. The number of nitrogens with zero attached hydrogens (tertiary/aromatic N) is 4. The molecule has 32 heavy (non-hydrogen) atoms. The average molecular weight is 464 g/mol. The zero-order valence-corrected chi connectivity index (χ0v) is 19.1. The first-order valence-corrected chi connectivity index (χ1v) is 12.5. The van der Waals surface area contributed by atoms with E-state index < -0.39 is 20.9 Å². The summed E-state index contributed by atoms with van der Waals surface area (Å²) in [5.74, 6) is -0.0561. The summed E-state index contributed by atoms with van der Waals surface area (Å²) < 4.78 is 27.1. The van der Waals surface area contributed by atoms with E-state index in [2.05, 4.69) is 4.98 Å². The Morgan fingerprint density at radius 3 is 2.53 bits per heavy atom. The SMILES string of the molecule is CC(C)S(=O)(=O)n1c(N)nc2ccc(C3(c4cccs4)N=CC(c4ccccc4)=N3)cc21. The first-order chi connectivity index (χ1) is 15.3. The van der Waals surface area contributed by atoms with Crippen LogP contribution in [0.15, 0.2) is 76.0 Å². The smallest absolute Gasteiger partial charge is 0.244 e. The van der Waals surface area contributed by atoms with Gasteiger partial charge in [0.1, 0.15) is 0 Å². The average Bonchev–Trinajstić information content (AvgIpc) is 3.52. The number of nitrogens with two attached hydrogens (primary N) is 1. The van der Waals surface area contributed by atoms with Crippen LogP contribution >= 0.6 is 11.3 Å². The Morgan fingerprint density at radius 2 is 1.84 bits per heavy atom. The molecule has 1 aliphatic heterocycles. The van der Waals surface area contributed by atoms with Gasteiger partial charge in [-0.15, -0.1) is 11.3 Å². The Hall–Kier alpha value is -3.30. The van der Waals surface area contributed by atoms with Crippen molar-refractivity contribution in [1.82, 2.24) is 8.96 Å². The van der Waals surface area contributed by atoms with E-state index in [1.165, 1.54) is 0 Å². The number of rotatable bonds is 5. The van der Waals surface area contributed by atoms with Crippen LogP contribution < -0.4 is 5.73 Å². The third-order valence-electron chi connectivity index (χ3n) is 5.48. The topological polar surface area (TPSA) is 103 Å². The monoisotopic (exact) mass is 463 g/mol. The molecular formula is C23H21N5O2S2. The van der Waals surface area contributed by atoms with Crippen molar-refractivity contribution in [3.63, 3.8) is 0 Å². The Balaban J connectivity index is 1.75. The molecule has 0 fully saturated rings. The molecule has 9 heteroatoms. The van der Waals surface area contributed by atoms with E-state index in [1.54, 1.807) is 43.5 Å². The highest BCUT2D eigenvalue weighted by Crippen LogP contribution is 2.42. The minimum atomic E-state index is -3.70. The molecule has 1 atom stereocenters. The summed E-state index contributed by atoms with van der Waals surface area (Å²) in [5.41, 5.74) is 8.42. The highest BCUT2D eigenvalue weighted by molar-refractivity contribution is 7.90. The number of imidazole rings is 1. The summed E-state index contributed by atoms with van der Waals surface area (Å²) in [5, 5.41) is 1.33. The molecule has 1 unspecified atom stereocenters. The Bertz CT molecular complexity index is 1470. The number of aromatic nitrogens is 2. The van der Waals surface area contributed by atoms with Crippen molar-refractivity contribution in [2.75, 3.05) is 5.73 Å². The van der Waals surface area contributed by atoms with Crippen LogP contribution in [0.4, 0.5) is 5.95 Å². The number of anilines is 1. The van der Waals surface area contributed by atoms with Crippen molar-refractivity contribution < 1.29 is 8.42 Å². The van der Waals surface area contributed by atoms with E-state index in [0.29, 0.717) is 11.0 Å². The van der Waals surface area contributed by atoms with Crippen LogP contribution in [-0.4, -0.2) is 34.6 Å². The number of thiophene rings is 1. The molecule has 0 saturated carbocycles. The second-order valence-corrected chi connectivity index (χ2v) is 11.1. The maximum Gasteiger partial charge on any atom is 0.244 e. The second-order valence-electron chi connectivity index (χ2n) is 7.80. The number of aliphatic imine (C=N–C) groups is 2. The van der Waals surface area contributed by atoms with Gasteiger partial charge in [0.2, 0.25) is 21.6 Å². The van der Waals surface area contributed by atoms with Gasteiger partial charge >= 0.3 is 0 Å². The van der Waals surface area contributed by atoms with E-state index in [0.717, 1.165) is 25.7 Å². The molecular weight excluding hydrogens is 442 g/mol. The van der Waals surface area contributed by atoms with Gasteiger partial charge in [-0.3, -0.25) is 4.99 Å². The predicted molar refractivity (Wildman–Crippen MR) is 130 cm³/mol. The zero-order chi connectivity index (χ0) is 22.5. The van der Waals surface area contributed by atoms with Crippen LogP contribution in [0.25, 0.3) is 11.0 Å². The predicted octanol–water partition coefficient (Wildman–Crippen LogP) is 4.04. The summed E-state index contributed by atoms with van der Waals surface area (Å²) in [6.45, 7) is 3.24. The largest absolute Gasteiger partial charge is 0.368 e. The van der Waals surface area contributed by atoms with Gasteiger partial charge in [0.25, 0.3) is 0 Å². The fraction of sp³-hybridized carbons (Fsp3) is 0.174. The van der Waals surface area contributed by atoms with Gasteiger partial charge in [-0.25, -0.2) is 22.4 Å². The van der Waals surface area contributed by atoms with Crippen molar-refractivity contribution in [3.8, 4) is 0 Å². The molecule has 5 rings (SSSR count). The fourth-order valence-corrected chi connectivity index (χ4v) is 5.76. The van der Waals surface area contributed by atoms with Gasteiger partial charge < -0.3 is 5.73 Å². The molecule has 0 amide bonds. The number of hydrogen-bond acceptors (Lipinski definition) is 7. The minimum absolute atomic E-state index is 0.0561. The number of nitrogen functional groups attached to an aromatic ring is 1. The Kier molecular flexibility index (Phi) is 4.75. The highest BCUT2D eigenvalue weighted by atomic mass is 32.2. The molecule has 3 heterocycles. The zero-order valence-electron chi connectivity index (χ0n) is 17.5. The molecule has 0 bridgehead atoms. The van der Waals surface area contributed by atoms with Crippen LogP contribution in [0.3, 0.4) is 0 Å². The third kappa shape index (κ3) is 3.08. The maximum absolute atomic E-state index is 13.0. The van der Waals surface area contributed by atoms with Crippen molar-refractivity contribution in [2.45, 2.75) is 24.8 Å². The lowest BCUT2D eigenvalue weighted by molar-refractivity contribution is 0.580. The first-order valence-electron chi connectivity index (χ1n) is 10.1. The van der Waals surface area contributed by atoms with Crippen LogP contribution in [0, 0.1) is 0 Å². The molecule has 0 aliphatic carbocycles. The standard InChI is InChI=1S/C23H21N5O2S2/c1-15(2)32(29,30)28-20-13-17(10-11-18(20)26-22(28)24)23(21-9-6-12-31-21)25-14-19(27-23)16-7-4-3-5-8-16/h3-15H,1-2H3,(H2,24,26). The molecule has 0 radical (unpaired) electrons. The lowest BCUT2D eigenvalue weighted by Crippen LogP contribution is -2.24. The lowest BCUT2D eigenvalue weighted by atomic mass is 9.98. The van der Waals surface area contributed by atoms with Crippen LogP contribution in [0.1, 0.15) is 29.9 Å². The number of benzene rings is 2. The van der Waals surface area contributed by atoms with Crippen molar-refractivity contribution in [1.29, 1.82) is 0 Å². The van der Waals surface area contributed by atoms with Gasteiger partial charge in [-0.1, -0.05) is 42.5 Å². The molecule has 1 aliphatic rings. The van der Waals surface area contributed by atoms with Gasteiger partial charge in [-0.2, -0.15) is 0 Å². The van der Waals surface area contributed by atoms with Gasteiger partial charge in [0.15, 0.2) is 0 Å². The second kappa shape index (κ2) is 7.39. The van der Waals surface area contributed by atoms with Gasteiger partial charge in [0.05, 0.1) is 33.1 Å². The van der Waals surface area contributed by atoms with E-state index in [-0.39, 0.29) is 5.95 Å². The fourth-order valence-electron chi connectivity index (χ4n) is 3.78. The summed E-state index contributed by atoms with van der Waals surface area (Å²) in [7, 11) is -3.70. The van der Waals surface area contributed by atoms with Gasteiger partial charge in [-0.05, 0) is 37.4 Å². The lowest BCUT2D eigenvalue weighted by Gasteiger charge is -2.23. The Labute approximate surface area is 190 Å². The van der Waals surface area contributed by atoms with Crippen LogP contribution in [-0.2, 0) is 15.7 Å². The normalized spacial score (nSPS) is 18.5. The molecule has 2 aromatic heterocycles. The van der Waals surface area contributed by atoms with Crippen LogP contribution in [0.2, 0.25) is 0 Å². The third-order valence-corrected chi connectivity index (χ3v) is 8.53. The van der Waals surface area contributed by atoms with Crippen LogP contribution in [0.5, 0.6) is 0 Å². The summed E-state index contributed by atoms with van der Waals surface area (Å²) in [6.07, 6.45) is 1.77. The molecule has 0 saturated heterocycles. The number of hydrogen-bond donors (Lipinski definition) is 1. The Morgan fingerprint density at radius 1 is 1.06 bits per heavy atom. The first kappa shape index (κ1) is 20.6. The van der Waals surface area contributed by atoms with Crippen molar-refractivity contribution in [3.05, 3.63) is 82.0 Å². The molecule has 162 valence electrons. The van der Waals surface area contributed by atoms with E-state index >= 15 is 0 Å². The van der Waals surface area contributed by atoms with Crippen molar-refractivity contribution in [2.24, 2.45) is 9.98 Å². The minimum Gasteiger partial charge on any atom is -0.368 e. The van der Waals surface area contributed by atoms with E-state index in [4.69, 9.17) is 15.7 Å². The highest BCUT2D eigenvalue weighted by Gasteiger charge is 2.38. The molecule has 2 aromatic carbocycles. The molecule has 4 aromatic rings. The number of fused-ring (bicyclic) bond motifs is 1. The summed E-state index contributed by atoms with van der Waals surface area (Å²) in [6, 6.07) is 19.2. The quantitative estimate of drug-likeness (QED) is 0.482.